The molecule has 0 radical (unpaired) electrons. The molecule has 0 spiro atoms. The number of halogens is 1. The molecular weight excluding hydrogens is 161 g/mol. The number of carbonyl (C=O) groups excluding carboxylic acids is 1. The van der Waals surface area contributed by atoms with Crippen molar-refractivity contribution in [1.82, 2.24) is 4.90 Å². The number of alkyl halides is 1. The molecule has 0 unspecified atom stereocenters. The summed E-state index contributed by atoms with van der Waals surface area (Å²) in [5.74, 6) is -0.0376. The first kappa shape index (κ1) is 9.45. The van der Waals surface area contributed by atoms with Gasteiger partial charge in [-0.25, -0.2) is 4.39 Å². The minimum atomic E-state index is -0.725. The summed E-state index contributed by atoms with van der Waals surface area (Å²) in [6.45, 7) is 1.17. The van der Waals surface area contributed by atoms with Crippen molar-refractivity contribution >= 4 is 5.91 Å². The summed E-state index contributed by atoms with van der Waals surface area (Å²) in [6.07, 6.45) is 0.210. The molecule has 1 aliphatic heterocycles. The van der Waals surface area contributed by atoms with Gasteiger partial charge < -0.3 is 9.64 Å². The van der Waals surface area contributed by atoms with E-state index in [-0.39, 0.29) is 12.5 Å². The number of likely N-dealkylation sites (tertiary alicyclic amines) is 1. The first-order valence-corrected chi connectivity index (χ1v) is 4.15. The maximum atomic E-state index is 12.6. The van der Waals surface area contributed by atoms with Crippen LogP contribution < -0.4 is 0 Å². The second-order valence-corrected chi connectivity index (χ2v) is 2.99. The third kappa shape index (κ3) is 2.44. The van der Waals surface area contributed by atoms with Gasteiger partial charge in [-0.2, -0.15) is 0 Å². The van der Waals surface area contributed by atoms with Gasteiger partial charge in [-0.15, -0.1) is 0 Å². The van der Waals surface area contributed by atoms with E-state index in [0.717, 1.165) is 0 Å². The molecule has 0 bridgehead atoms. The van der Waals surface area contributed by atoms with Crippen molar-refractivity contribution in [3.05, 3.63) is 0 Å². The number of hydrogen-bond donors (Lipinski definition) is 0. The summed E-state index contributed by atoms with van der Waals surface area (Å²) in [5.41, 5.74) is 0. The molecule has 12 heavy (non-hydrogen) atoms. The van der Waals surface area contributed by atoms with E-state index in [0.29, 0.717) is 25.9 Å². The predicted molar refractivity (Wildman–Crippen MR) is 42.6 cm³/mol. The maximum Gasteiger partial charge on any atom is 0.248 e. The zero-order valence-corrected chi connectivity index (χ0v) is 7.25. The Labute approximate surface area is 71.5 Å². The molecular formula is C8H14FNO2. The number of hydrogen-bond acceptors (Lipinski definition) is 2. The molecule has 70 valence electrons. The molecule has 1 saturated heterocycles. The van der Waals surface area contributed by atoms with Crippen LogP contribution in [0.15, 0.2) is 0 Å². The summed E-state index contributed by atoms with van der Waals surface area (Å²) < 4.78 is 17.3. The van der Waals surface area contributed by atoms with Crippen LogP contribution in [-0.4, -0.2) is 43.8 Å². The minimum absolute atomic E-state index is 0.0376. The summed E-state index contributed by atoms with van der Waals surface area (Å²) in [4.78, 5) is 12.8. The van der Waals surface area contributed by atoms with Gasteiger partial charge in [-0.3, -0.25) is 4.79 Å². The van der Waals surface area contributed by atoms with Crippen LogP contribution in [0.4, 0.5) is 4.39 Å². The Kier molecular flexibility index (Phi) is 3.47. The van der Waals surface area contributed by atoms with Crippen LogP contribution >= 0.6 is 0 Å². The lowest BCUT2D eigenvalue weighted by molar-refractivity contribution is -0.136. The summed E-state index contributed by atoms with van der Waals surface area (Å²) in [5, 5.41) is 0. The average molecular weight is 175 g/mol. The molecule has 0 atom stereocenters. The number of ether oxygens (including phenoxy) is 1. The largest absolute Gasteiger partial charge is 0.375 e. The van der Waals surface area contributed by atoms with Crippen LogP contribution in [0.25, 0.3) is 0 Å². The topological polar surface area (TPSA) is 29.5 Å². The molecule has 0 N–H and O–H groups in total. The van der Waals surface area contributed by atoms with Gasteiger partial charge in [0.15, 0.2) is 0 Å². The molecule has 0 aromatic heterocycles. The Bertz CT molecular complexity index is 155. The SMILES string of the molecule is COCC(=O)N1CCC(F)CC1. The van der Waals surface area contributed by atoms with Crippen molar-refractivity contribution in [3.8, 4) is 0 Å². The second-order valence-electron chi connectivity index (χ2n) is 2.99. The smallest absolute Gasteiger partial charge is 0.248 e. The van der Waals surface area contributed by atoms with E-state index in [1.165, 1.54) is 7.11 Å². The number of amides is 1. The monoisotopic (exact) mass is 175 g/mol. The molecule has 1 aliphatic rings. The summed E-state index contributed by atoms with van der Waals surface area (Å²) >= 11 is 0. The van der Waals surface area contributed by atoms with Gasteiger partial charge in [-0.1, -0.05) is 0 Å². The number of nitrogens with zero attached hydrogens (tertiary/aromatic N) is 1. The molecule has 1 heterocycles. The van der Waals surface area contributed by atoms with Crippen molar-refractivity contribution in [1.29, 1.82) is 0 Å². The van der Waals surface area contributed by atoms with Gasteiger partial charge in [0.2, 0.25) is 5.91 Å². The number of piperidine rings is 1. The van der Waals surface area contributed by atoms with Gasteiger partial charge in [0.05, 0.1) is 0 Å². The van der Waals surface area contributed by atoms with Crippen LogP contribution in [0.5, 0.6) is 0 Å². The quantitative estimate of drug-likeness (QED) is 0.615. The fraction of sp³-hybridized carbons (Fsp3) is 0.875. The third-order valence-electron chi connectivity index (χ3n) is 2.05. The van der Waals surface area contributed by atoms with Crippen LogP contribution in [0, 0.1) is 0 Å². The third-order valence-corrected chi connectivity index (χ3v) is 2.05. The number of methoxy groups -OCH3 is 1. The molecule has 0 aliphatic carbocycles. The van der Waals surface area contributed by atoms with E-state index in [9.17, 15) is 9.18 Å². The van der Waals surface area contributed by atoms with E-state index < -0.39 is 6.17 Å². The molecule has 0 aromatic rings. The summed E-state index contributed by atoms with van der Waals surface area (Å²) in [6, 6.07) is 0. The van der Waals surface area contributed by atoms with Crippen LogP contribution in [-0.2, 0) is 9.53 Å². The average Bonchev–Trinajstić information content (AvgIpc) is 2.06. The van der Waals surface area contributed by atoms with E-state index in [4.69, 9.17) is 4.74 Å². The van der Waals surface area contributed by atoms with Crippen molar-refractivity contribution in [2.45, 2.75) is 19.0 Å². The predicted octanol–water partition coefficient (Wildman–Crippen LogP) is 0.593. The Balaban J connectivity index is 2.29. The van der Waals surface area contributed by atoms with E-state index in [2.05, 4.69) is 0 Å². The number of rotatable bonds is 2. The van der Waals surface area contributed by atoms with Gasteiger partial charge >= 0.3 is 0 Å². The van der Waals surface area contributed by atoms with Crippen molar-refractivity contribution in [2.24, 2.45) is 0 Å². The van der Waals surface area contributed by atoms with Crippen LogP contribution in [0.2, 0.25) is 0 Å². The molecule has 1 amide bonds. The molecule has 4 heteroatoms. The van der Waals surface area contributed by atoms with E-state index >= 15 is 0 Å². The maximum absolute atomic E-state index is 12.6. The van der Waals surface area contributed by atoms with Gasteiger partial charge in [-0.05, 0) is 12.8 Å². The Morgan fingerprint density at radius 1 is 1.58 bits per heavy atom. The van der Waals surface area contributed by atoms with Crippen molar-refractivity contribution < 1.29 is 13.9 Å². The van der Waals surface area contributed by atoms with E-state index in [1.807, 2.05) is 0 Å². The van der Waals surface area contributed by atoms with Gasteiger partial charge in [0.25, 0.3) is 0 Å². The molecule has 1 fully saturated rings. The lowest BCUT2D eigenvalue weighted by Gasteiger charge is -2.28. The Morgan fingerprint density at radius 3 is 2.67 bits per heavy atom. The molecule has 1 rings (SSSR count). The zero-order chi connectivity index (χ0) is 8.97. The highest BCUT2D eigenvalue weighted by Gasteiger charge is 2.21. The van der Waals surface area contributed by atoms with Crippen LogP contribution in [0.1, 0.15) is 12.8 Å². The summed E-state index contributed by atoms with van der Waals surface area (Å²) in [7, 11) is 1.49. The molecule has 0 saturated carbocycles. The fourth-order valence-electron chi connectivity index (χ4n) is 1.31. The lowest BCUT2D eigenvalue weighted by Crippen LogP contribution is -2.40. The van der Waals surface area contributed by atoms with Crippen molar-refractivity contribution in [3.63, 3.8) is 0 Å². The van der Waals surface area contributed by atoms with Crippen LogP contribution in [0.3, 0.4) is 0 Å². The Morgan fingerprint density at radius 2 is 2.17 bits per heavy atom. The highest BCUT2D eigenvalue weighted by atomic mass is 19.1. The standard InChI is InChI=1S/C8H14FNO2/c1-12-6-8(11)10-4-2-7(9)3-5-10/h7H,2-6H2,1H3. The Hall–Kier alpha value is -0.640. The fourth-order valence-corrected chi connectivity index (χ4v) is 1.31. The van der Waals surface area contributed by atoms with Gasteiger partial charge in [0, 0.05) is 20.2 Å². The molecule has 0 aromatic carbocycles. The van der Waals surface area contributed by atoms with Gasteiger partial charge in [0.1, 0.15) is 12.8 Å². The normalized spacial score (nSPS) is 19.7. The number of carbonyl (C=O) groups is 1. The first-order chi connectivity index (χ1) is 5.74. The minimum Gasteiger partial charge on any atom is -0.375 e. The van der Waals surface area contributed by atoms with E-state index in [1.54, 1.807) is 4.90 Å². The highest BCUT2D eigenvalue weighted by Crippen LogP contribution is 2.12. The molecule has 3 nitrogen and oxygen atoms in total. The zero-order valence-electron chi connectivity index (χ0n) is 7.25. The lowest BCUT2D eigenvalue weighted by atomic mass is 10.1. The second kappa shape index (κ2) is 4.40. The highest BCUT2D eigenvalue weighted by molar-refractivity contribution is 5.77. The first-order valence-electron chi connectivity index (χ1n) is 4.15. The van der Waals surface area contributed by atoms with Crippen molar-refractivity contribution in [2.75, 3.05) is 26.8 Å².